The van der Waals surface area contributed by atoms with Gasteiger partial charge in [0.25, 0.3) is 0 Å². The Bertz CT molecular complexity index is 825. The van der Waals surface area contributed by atoms with Gasteiger partial charge in [-0.1, -0.05) is 18.2 Å². The largest absolute Gasteiger partial charge is 0.387 e. The Labute approximate surface area is 127 Å². The molecule has 2 heterocycles. The molecular formula is C17H16N2OS. The highest BCUT2D eigenvalue weighted by Crippen LogP contribution is 2.37. The predicted octanol–water partition coefficient (Wildman–Crippen LogP) is 4.04. The summed E-state index contributed by atoms with van der Waals surface area (Å²) in [6.07, 6.45) is 2.48. The topological polar surface area (TPSA) is 46.0 Å². The number of aryl methyl sites for hydroxylation is 2. The van der Waals surface area contributed by atoms with E-state index in [0.29, 0.717) is 0 Å². The molecule has 4 rings (SSSR count). The van der Waals surface area contributed by atoms with Gasteiger partial charge in [-0.15, -0.1) is 11.3 Å². The Hall–Kier alpha value is -1.78. The van der Waals surface area contributed by atoms with Gasteiger partial charge in [0.1, 0.15) is 5.01 Å². The van der Waals surface area contributed by atoms with E-state index >= 15 is 0 Å². The number of hydrogen-bond acceptors (Lipinski definition) is 4. The van der Waals surface area contributed by atoms with Crippen LogP contribution in [0.4, 0.5) is 0 Å². The van der Waals surface area contributed by atoms with E-state index in [9.17, 15) is 5.11 Å². The van der Waals surface area contributed by atoms with E-state index in [1.165, 1.54) is 15.8 Å². The molecule has 3 nitrogen and oxygen atoms in total. The van der Waals surface area contributed by atoms with E-state index < -0.39 is 6.10 Å². The summed E-state index contributed by atoms with van der Waals surface area (Å²) >= 11 is 1.68. The molecule has 21 heavy (non-hydrogen) atoms. The summed E-state index contributed by atoms with van der Waals surface area (Å²) in [5.74, 6) is 0. The Morgan fingerprint density at radius 1 is 1.24 bits per heavy atom. The molecule has 1 aliphatic rings. The van der Waals surface area contributed by atoms with Crippen LogP contribution in [0.2, 0.25) is 0 Å². The lowest BCUT2D eigenvalue weighted by atomic mass is 10.0. The average molecular weight is 296 g/mol. The maximum atomic E-state index is 10.1. The highest BCUT2D eigenvalue weighted by Gasteiger charge is 2.23. The van der Waals surface area contributed by atoms with Crippen LogP contribution in [0.1, 0.15) is 35.1 Å². The quantitative estimate of drug-likeness (QED) is 0.737. The molecule has 0 bridgehead atoms. The van der Waals surface area contributed by atoms with Crippen molar-refractivity contribution in [2.24, 2.45) is 0 Å². The molecule has 1 aromatic carbocycles. The maximum absolute atomic E-state index is 10.1. The summed E-state index contributed by atoms with van der Waals surface area (Å²) in [4.78, 5) is 10.6. The molecule has 0 saturated heterocycles. The number of para-hydroxylation sites is 1. The summed E-state index contributed by atoms with van der Waals surface area (Å²) in [6, 6.07) is 10.3. The van der Waals surface area contributed by atoms with E-state index in [-0.39, 0.29) is 0 Å². The molecule has 1 unspecified atom stereocenters. The van der Waals surface area contributed by atoms with Crippen LogP contribution in [0.5, 0.6) is 0 Å². The fourth-order valence-electron chi connectivity index (χ4n) is 2.96. The molecule has 0 spiro atoms. The normalized spacial score (nSPS) is 17.9. The van der Waals surface area contributed by atoms with Gasteiger partial charge in [-0.2, -0.15) is 0 Å². The number of hydrogen-bond donors (Lipinski definition) is 1. The molecule has 1 N–H and O–H groups in total. The standard InChI is InChI=1S/C17H16N2OS/c1-10-9-13(18-12-6-3-2-5-11(10)12)17-19-16-14(20)7-4-8-15(16)21-17/h2-3,5-6,9,14,20H,4,7-8H2,1H3. The molecule has 0 saturated carbocycles. The lowest BCUT2D eigenvalue weighted by Crippen LogP contribution is -2.07. The van der Waals surface area contributed by atoms with Crippen molar-refractivity contribution in [1.82, 2.24) is 9.97 Å². The van der Waals surface area contributed by atoms with Gasteiger partial charge in [0, 0.05) is 10.3 Å². The van der Waals surface area contributed by atoms with Crippen molar-refractivity contribution in [3.05, 3.63) is 46.5 Å². The monoisotopic (exact) mass is 296 g/mol. The molecule has 0 fully saturated rings. The minimum absolute atomic E-state index is 0.402. The zero-order valence-electron chi connectivity index (χ0n) is 11.8. The second-order valence-electron chi connectivity index (χ2n) is 5.58. The van der Waals surface area contributed by atoms with Crippen LogP contribution in [0.15, 0.2) is 30.3 Å². The van der Waals surface area contributed by atoms with Gasteiger partial charge in [-0.05, 0) is 43.9 Å². The van der Waals surface area contributed by atoms with Crippen LogP contribution in [0.25, 0.3) is 21.6 Å². The van der Waals surface area contributed by atoms with Gasteiger partial charge in [0.05, 0.1) is 23.0 Å². The summed E-state index contributed by atoms with van der Waals surface area (Å²) in [5.41, 5.74) is 4.00. The number of rotatable bonds is 1. The lowest BCUT2D eigenvalue weighted by Gasteiger charge is -2.14. The number of fused-ring (bicyclic) bond motifs is 2. The third-order valence-electron chi connectivity index (χ3n) is 4.07. The Morgan fingerprint density at radius 3 is 2.95 bits per heavy atom. The number of thiazole rings is 1. The maximum Gasteiger partial charge on any atom is 0.142 e. The molecule has 1 aliphatic carbocycles. The highest BCUT2D eigenvalue weighted by atomic mass is 32.1. The third kappa shape index (κ3) is 2.15. The Kier molecular flexibility index (Phi) is 3.01. The number of nitrogens with zero attached hydrogens (tertiary/aromatic N) is 2. The van der Waals surface area contributed by atoms with Crippen LogP contribution >= 0.6 is 11.3 Å². The summed E-state index contributed by atoms with van der Waals surface area (Å²) < 4.78 is 0. The van der Waals surface area contributed by atoms with E-state index in [1.807, 2.05) is 18.2 Å². The van der Waals surface area contributed by atoms with E-state index in [1.54, 1.807) is 11.3 Å². The van der Waals surface area contributed by atoms with Crippen molar-refractivity contribution in [2.45, 2.75) is 32.3 Å². The van der Waals surface area contributed by atoms with Crippen molar-refractivity contribution in [3.63, 3.8) is 0 Å². The van der Waals surface area contributed by atoms with E-state index in [4.69, 9.17) is 4.98 Å². The average Bonchev–Trinajstić information content (AvgIpc) is 2.93. The van der Waals surface area contributed by atoms with Gasteiger partial charge in [-0.25, -0.2) is 9.97 Å². The molecular weight excluding hydrogens is 280 g/mol. The molecule has 4 heteroatoms. The molecule has 0 aliphatic heterocycles. The summed E-state index contributed by atoms with van der Waals surface area (Å²) in [5, 5.41) is 12.2. The SMILES string of the molecule is Cc1cc(-c2nc3c(s2)CCCC3O)nc2ccccc12. The second-order valence-corrected chi connectivity index (χ2v) is 6.66. The van der Waals surface area contributed by atoms with Crippen LogP contribution in [0.3, 0.4) is 0 Å². The second kappa shape index (κ2) is 4.90. The third-order valence-corrected chi connectivity index (χ3v) is 5.22. The van der Waals surface area contributed by atoms with Gasteiger partial charge >= 0.3 is 0 Å². The van der Waals surface area contributed by atoms with Crippen LogP contribution in [-0.2, 0) is 6.42 Å². The van der Waals surface area contributed by atoms with E-state index in [0.717, 1.165) is 41.2 Å². The number of aliphatic hydroxyl groups is 1. The predicted molar refractivity (Wildman–Crippen MR) is 85.5 cm³/mol. The molecule has 1 atom stereocenters. The first-order valence-electron chi connectivity index (χ1n) is 7.27. The lowest BCUT2D eigenvalue weighted by molar-refractivity contribution is 0.153. The fraction of sp³-hybridized carbons (Fsp3) is 0.294. The number of benzene rings is 1. The number of aromatic nitrogens is 2. The van der Waals surface area contributed by atoms with Gasteiger partial charge < -0.3 is 5.11 Å². The van der Waals surface area contributed by atoms with Crippen molar-refractivity contribution >= 4 is 22.2 Å². The smallest absolute Gasteiger partial charge is 0.142 e. The highest BCUT2D eigenvalue weighted by molar-refractivity contribution is 7.15. The van der Waals surface area contributed by atoms with E-state index in [2.05, 4.69) is 24.0 Å². The van der Waals surface area contributed by atoms with Gasteiger partial charge in [0.2, 0.25) is 0 Å². The van der Waals surface area contributed by atoms with Crippen molar-refractivity contribution in [3.8, 4) is 10.7 Å². The Balaban J connectivity index is 1.87. The zero-order chi connectivity index (χ0) is 14.4. The molecule has 0 amide bonds. The molecule has 106 valence electrons. The molecule has 3 aromatic rings. The van der Waals surface area contributed by atoms with Gasteiger partial charge in [0.15, 0.2) is 0 Å². The van der Waals surface area contributed by atoms with Crippen LogP contribution in [-0.4, -0.2) is 15.1 Å². The van der Waals surface area contributed by atoms with Crippen molar-refractivity contribution in [2.75, 3.05) is 0 Å². The summed E-state index contributed by atoms with van der Waals surface area (Å²) in [7, 11) is 0. The minimum atomic E-state index is -0.402. The number of aliphatic hydroxyl groups excluding tert-OH is 1. The first-order chi connectivity index (χ1) is 10.2. The number of pyridine rings is 1. The Morgan fingerprint density at radius 2 is 2.10 bits per heavy atom. The van der Waals surface area contributed by atoms with Crippen molar-refractivity contribution < 1.29 is 5.11 Å². The van der Waals surface area contributed by atoms with Crippen molar-refractivity contribution in [1.29, 1.82) is 0 Å². The zero-order valence-corrected chi connectivity index (χ0v) is 12.7. The first kappa shape index (κ1) is 12.9. The summed E-state index contributed by atoms with van der Waals surface area (Å²) in [6.45, 7) is 2.11. The van der Waals surface area contributed by atoms with Crippen LogP contribution < -0.4 is 0 Å². The van der Waals surface area contributed by atoms with Crippen LogP contribution in [0, 0.1) is 6.92 Å². The molecule has 0 radical (unpaired) electrons. The molecule has 2 aromatic heterocycles. The fourth-order valence-corrected chi connectivity index (χ4v) is 4.08. The first-order valence-corrected chi connectivity index (χ1v) is 8.08. The van der Waals surface area contributed by atoms with Gasteiger partial charge in [-0.3, -0.25) is 0 Å². The minimum Gasteiger partial charge on any atom is -0.387 e.